The summed E-state index contributed by atoms with van der Waals surface area (Å²) in [7, 11) is 0. The monoisotopic (exact) mass is 197 g/mol. The Hall–Kier alpha value is -1.32. The lowest BCUT2D eigenvalue weighted by Gasteiger charge is -2.10. The van der Waals surface area contributed by atoms with Crippen LogP contribution in [0.15, 0.2) is 12.2 Å². The second kappa shape index (κ2) is 4.79. The summed E-state index contributed by atoms with van der Waals surface area (Å²) in [5.74, 6) is -0.677. The van der Waals surface area contributed by atoms with Gasteiger partial charge >= 0.3 is 5.97 Å². The molecule has 0 saturated heterocycles. The second-order valence-corrected chi connectivity index (χ2v) is 3.76. The van der Waals surface area contributed by atoms with Gasteiger partial charge in [0.05, 0.1) is 0 Å². The second-order valence-electron chi connectivity index (χ2n) is 3.76. The molecular weight excluding hydrogens is 182 g/mol. The summed E-state index contributed by atoms with van der Waals surface area (Å²) in [6.45, 7) is 1.94. The van der Waals surface area contributed by atoms with Gasteiger partial charge in [0.25, 0.3) is 0 Å². The number of carbonyl (C=O) groups is 2. The van der Waals surface area contributed by atoms with Crippen molar-refractivity contribution in [2.45, 2.75) is 32.2 Å². The minimum atomic E-state index is -1.10. The van der Waals surface area contributed by atoms with Gasteiger partial charge in [0.15, 0.2) is 0 Å². The third-order valence-corrected chi connectivity index (χ3v) is 2.15. The maximum Gasteiger partial charge on any atom is 0.328 e. The first-order chi connectivity index (χ1) is 6.58. The Morgan fingerprint density at radius 2 is 2.14 bits per heavy atom. The molecule has 1 aliphatic carbocycles. The lowest BCUT2D eigenvalue weighted by molar-refractivity contribution is -0.131. The minimum Gasteiger partial charge on any atom is -0.478 e. The molecule has 4 heteroatoms. The number of carboxylic acid groups (broad SMARTS) is 1. The Kier molecular flexibility index (Phi) is 3.68. The van der Waals surface area contributed by atoms with E-state index < -0.39 is 5.97 Å². The molecule has 0 aromatic heterocycles. The Bertz CT molecular complexity index is 256. The van der Waals surface area contributed by atoms with Crippen molar-refractivity contribution in [2.75, 3.05) is 0 Å². The maximum atomic E-state index is 11.1. The van der Waals surface area contributed by atoms with E-state index in [-0.39, 0.29) is 11.9 Å². The highest BCUT2D eigenvalue weighted by Gasteiger charge is 2.23. The molecule has 1 rings (SSSR count). The lowest BCUT2D eigenvalue weighted by atomic mass is 10.1. The van der Waals surface area contributed by atoms with Gasteiger partial charge in [-0.2, -0.15) is 0 Å². The number of carbonyl (C=O) groups excluding carboxylic acids is 1. The molecule has 1 amide bonds. The highest BCUT2D eigenvalue weighted by atomic mass is 16.4. The molecule has 1 aliphatic rings. The quantitative estimate of drug-likeness (QED) is 0.644. The molecule has 0 aromatic rings. The third kappa shape index (κ3) is 4.64. The molecule has 2 N–H and O–H groups in total. The normalized spacial score (nSPS) is 18.1. The standard InChI is InChI=1S/C10H15NO3/c1-7(6-8-2-3-8)11-9(12)4-5-10(13)14/h4-5,7-8H,2-3,6H2,1H3,(H,11,12)(H,13,14). The molecule has 78 valence electrons. The Morgan fingerprint density at radius 1 is 1.50 bits per heavy atom. The van der Waals surface area contributed by atoms with Crippen LogP contribution in [0.2, 0.25) is 0 Å². The van der Waals surface area contributed by atoms with Crippen LogP contribution in [0.3, 0.4) is 0 Å². The van der Waals surface area contributed by atoms with E-state index in [1.54, 1.807) is 0 Å². The van der Waals surface area contributed by atoms with Crippen molar-refractivity contribution in [3.05, 3.63) is 12.2 Å². The maximum absolute atomic E-state index is 11.1. The van der Waals surface area contributed by atoms with Gasteiger partial charge in [0.1, 0.15) is 0 Å². The summed E-state index contributed by atoms with van der Waals surface area (Å²) < 4.78 is 0. The van der Waals surface area contributed by atoms with Crippen LogP contribution in [0, 0.1) is 5.92 Å². The lowest BCUT2D eigenvalue weighted by Crippen LogP contribution is -2.31. The van der Waals surface area contributed by atoms with Gasteiger partial charge in [-0.05, 0) is 19.3 Å². The molecule has 4 nitrogen and oxygen atoms in total. The van der Waals surface area contributed by atoms with Gasteiger partial charge in [0, 0.05) is 18.2 Å². The topological polar surface area (TPSA) is 66.4 Å². The molecular formula is C10H15NO3. The summed E-state index contributed by atoms with van der Waals surface area (Å²) in [6, 6.07) is 0.133. The molecule has 0 radical (unpaired) electrons. The number of aliphatic carboxylic acids is 1. The summed E-state index contributed by atoms with van der Waals surface area (Å²) >= 11 is 0. The zero-order chi connectivity index (χ0) is 10.6. The van der Waals surface area contributed by atoms with Crippen molar-refractivity contribution in [2.24, 2.45) is 5.92 Å². The van der Waals surface area contributed by atoms with Crippen LogP contribution in [0.25, 0.3) is 0 Å². The average molecular weight is 197 g/mol. The van der Waals surface area contributed by atoms with Gasteiger partial charge in [0.2, 0.25) is 5.91 Å². The molecule has 0 heterocycles. The molecule has 0 aromatic carbocycles. The highest BCUT2D eigenvalue weighted by molar-refractivity contribution is 5.93. The summed E-state index contributed by atoms with van der Waals surface area (Å²) in [5, 5.41) is 11.0. The molecule has 0 aliphatic heterocycles. The number of hydrogen-bond donors (Lipinski definition) is 2. The summed E-state index contributed by atoms with van der Waals surface area (Å²) in [5.41, 5.74) is 0. The van der Waals surface area contributed by atoms with Crippen LogP contribution in [-0.2, 0) is 9.59 Å². The Labute approximate surface area is 83.0 Å². The predicted octanol–water partition coefficient (Wildman–Crippen LogP) is 0.932. The van der Waals surface area contributed by atoms with Crippen molar-refractivity contribution in [1.29, 1.82) is 0 Å². The number of hydrogen-bond acceptors (Lipinski definition) is 2. The number of amides is 1. The van der Waals surface area contributed by atoms with E-state index in [9.17, 15) is 9.59 Å². The van der Waals surface area contributed by atoms with Gasteiger partial charge in [-0.15, -0.1) is 0 Å². The first-order valence-electron chi connectivity index (χ1n) is 4.79. The predicted molar refractivity (Wildman–Crippen MR) is 51.7 cm³/mol. The van der Waals surface area contributed by atoms with Gasteiger partial charge in [-0.1, -0.05) is 12.8 Å². The van der Waals surface area contributed by atoms with Crippen LogP contribution >= 0.6 is 0 Å². The van der Waals surface area contributed by atoms with E-state index in [2.05, 4.69) is 5.32 Å². The number of nitrogens with one attached hydrogen (secondary N) is 1. The molecule has 0 bridgehead atoms. The van der Waals surface area contributed by atoms with Gasteiger partial charge < -0.3 is 10.4 Å². The SMILES string of the molecule is CC(CC1CC1)NC(=O)C=CC(=O)O. The molecule has 1 saturated carbocycles. The third-order valence-electron chi connectivity index (χ3n) is 2.15. The van der Waals surface area contributed by atoms with Crippen molar-refractivity contribution >= 4 is 11.9 Å². The van der Waals surface area contributed by atoms with Crippen LogP contribution in [-0.4, -0.2) is 23.0 Å². The summed E-state index contributed by atoms with van der Waals surface area (Å²) in [6.07, 6.45) is 5.40. The van der Waals surface area contributed by atoms with E-state index >= 15 is 0 Å². The fourth-order valence-electron chi connectivity index (χ4n) is 1.35. The Morgan fingerprint density at radius 3 is 2.64 bits per heavy atom. The molecule has 0 spiro atoms. The van der Waals surface area contributed by atoms with Crippen LogP contribution in [0.4, 0.5) is 0 Å². The van der Waals surface area contributed by atoms with Gasteiger partial charge in [-0.3, -0.25) is 4.79 Å². The molecule has 1 fully saturated rings. The van der Waals surface area contributed by atoms with Crippen LogP contribution in [0.1, 0.15) is 26.2 Å². The van der Waals surface area contributed by atoms with E-state index in [1.807, 2.05) is 6.92 Å². The van der Waals surface area contributed by atoms with Gasteiger partial charge in [-0.25, -0.2) is 4.79 Å². The number of carboxylic acids is 1. The van der Waals surface area contributed by atoms with Crippen molar-refractivity contribution in [3.63, 3.8) is 0 Å². The van der Waals surface area contributed by atoms with Crippen LogP contribution < -0.4 is 5.32 Å². The van der Waals surface area contributed by atoms with E-state index in [4.69, 9.17) is 5.11 Å². The largest absolute Gasteiger partial charge is 0.478 e. The fourth-order valence-corrected chi connectivity index (χ4v) is 1.35. The number of rotatable bonds is 5. The first kappa shape index (κ1) is 10.8. The van der Waals surface area contributed by atoms with E-state index in [0.29, 0.717) is 0 Å². The summed E-state index contributed by atoms with van der Waals surface area (Å²) in [4.78, 5) is 21.2. The zero-order valence-electron chi connectivity index (χ0n) is 8.19. The van der Waals surface area contributed by atoms with E-state index in [1.165, 1.54) is 12.8 Å². The molecule has 1 atom stereocenters. The fraction of sp³-hybridized carbons (Fsp3) is 0.600. The highest BCUT2D eigenvalue weighted by Crippen LogP contribution is 2.33. The molecule has 14 heavy (non-hydrogen) atoms. The van der Waals surface area contributed by atoms with Crippen molar-refractivity contribution < 1.29 is 14.7 Å². The van der Waals surface area contributed by atoms with Crippen molar-refractivity contribution in [1.82, 2.24) is 5.32 Å². The molecule has 1 unspecified atom stereocenters. The van der Waals surface area contributed by atoms with E-state index in [0.717, 1.165) is 24.5 Å². The zero-order valence-corrected chi connectivity index (χ0v) is 8.19. The minimum absolute atomic E-state index is 0.133. The average Bonchev–Trinajstić information content (AvgIpc) is 2.84. The first-order valence-corrected chi connectivity index (χ1v) is 4.79. The van der Waals surface area contributed by atoms with Crippen LogP contribution in [0.5, 0.6) is 0 Å². The smallest absolute Gasteiger partial charge is 0.328 e. The van der Waals surface area contributed by atoms with Crippen molar-refractivity contribution in [3.8, 4) is 0 Å². The Balaban J connectivity index is 2.20.